The van der Waals surface area contributed by atoms with Crippen LogP contribution < -0.4 is 5.32 Å². The molecule has 11 rings (SSSR count). The zero-order valence-corrected chi connectivity index (χ0v) is 45.3. The number of rotatable bonds is 10. The summed E-state index contributed by atoms with van der Waals surface area (Å²) in [4.78, 5) is 0. The zero-order valence-electron chi connectivity index (χ0n) is 45.3. The molecule has 0 saturated heterocycles. The summed E-state index contributed by atoms with van der Waals surface area (Å²) >= 11 is 0. The molecule has 0 amide bonds. The summed E-state index contributed by atoms with van der Waals surface area (Å²) in [5, 5.41) is 9.27. The molecule has 0 aliphatic heterocycles. The lowest BCUT2D eigenvalue weighted by Gasteiger charge is -2.36. The number of aryl methyl sites for hydroxylation is 3. The molecule has 380 valence electrons. The van der Waals surface area contributed by atoms with Gasteiger partial charge in [-0.2, -0.15) is 0 Å². The topological polar surface area (TPSA) is 35.9 Å². The second kappa shape index (κ2) is 27.8. The maximum Gasteiger partial charge on any atom is 0.0728 e. The van der Waals surface area contributed by atoms with E-state index >= 15 is 0 Å². The quantitative estimate of drug-likeness (QED) is 0.0799. The number of para-hydroxylation sites is 2. The number of allylic oxidation sites excluding steroid dienone is 6. The van der Waals surface area contributed by atoms with E-state index in [4.69, 9.17) is 12.0 Å². The van der Waals surface area contributed by atoms with Gasteiger partial charge in [0.2, 0.25) is 0 Å². The molecule has 0 spiro atoms. The Balaban J connectivity index is 0.000000282. The molecule has 10 aromatic rings. The van der Waals surface area contributed by atoms with Gasteiger partial charge in [0, 0.05) is 11.4 Å². The third kappa shape index (κ3) is 13.7. The highest BCUT2D eigenvalue weighted by Gasteiger charge is 2.47. The van der Waals surface area contributed by atoms with Crippen molar-refractivity contribution in [3.8, 4) is 55.6 Å². The molecule has 0 bridgehead atoms. The van der Waals surface area contributed by atoms with E-state index in [2.05, 4.69) is 288 Å². The Kier molecular flexibility index (Phi) is 20.0. The van der Waals surface area contributed by atoms with Crippen molar-refractivity contribution in [3.05, 3.63) is 337 Å². The van der Waals surface area contributed by atoms with Crippen molar-refractivity contribution in [1.82, 2.24) is 0 Å². The molecular formula is C75H70N2. The lowest BCUT2D eigenvalue weighted by Crippen LogP contribution is -2.29. The lowest BCUT2D eigenvalue weighted by atomic mass is 9.66. The van der Waals surface area contributed by atoms with Gasteiger partial charge in [0.15, 0.2) is 0 Å². The summed E-state index contributed by atoms with van der Waals surface area (Å²) in [6.07, 6.45) is 10.2. The van der Waals surface area contributed by atoms with Crippen LogP contribution in [0, 0.1) is 26.2 Å². The Labute approximate surface area is 459 Å². The van der Waals surface area contributed by atoms with Gasteiger partial charge in [0.25, 0.3) is 0 Å². The van der Waals surface area contributed by atoms with Crippen molar-refractivity contribution in [3.63, 3.8) is 0 Å². The van der Waals surface area contributed by atoms with Crippen molar-refractivity contribution in [1.29, 1.82) is 5.41 Å². The van der Waals surface area contributed by atoms with E-state index in [1.165, 1.54) is 89.0 Å². The summed E-state index contributed by atoms with van der Waals surface area (Å²) in [6.45, 7) is 21.0. The SMILES string of the molecule is C=C(/C=C\C=C/C)C1(c2ccccc2Nc2ccccc2)c2ccccc2-c2ccc(-c3cccc(-c4cccc(-c5cccc(C)c5)c4)c3)cc21.C=CC.C=N.Cc1ccc(-c2ccccc2)cc1.Cc1ccccc1. The van der Waals surface area contributed by atoms with Crippen LogP contribution in [0.25, 0.3) is 55.6 Å². The predicted octanol–water partition coefficient (Wildman–Crippen LogP) is 20.9. The smallest absolute Gasteiger partial charge is 0.0728 e. The molecule has 10 aromatic carbocycles. The van der Waals surface area contributed by atoms with Gasteiger partial charge in [-0.15, -0.1) is 6.58 Å². The van der Waals surface area contributed by atoms with E-state index in [1.807, 2.05) is 44.2 Å². The first-order chi connectivity index (χ1) is 37.7. The fourth-order valence-corrected chi connectivity index (χ4v) is 9.76. The van der Waals surface area contributed by atoms with Crippen LogP contribution >= 0.6 is 0 Å². The standard InChI is InChI=1S/C51H41N.C13H12.C7H8.C3H6.CH3N/c1-4-5-7-18-37(3)51(48-28-12-13-29-50(48)52-44-24-8-6-9-25-44)47-27-11-10-26-45(47)46-31-30-43(35-49(46)51)42-23-16-22-41(34-42)40-21-15-20-39(33-40)38-19-14-17-36(2)32-38;1-11-7-9-13(10-8-11)12-5-3-2-4-6-12;1-7-5-3-2-4-6-7;1-3-2;1-2/h4-35,52H,3H2,1-2H3;2-10H,1H3;2-6H,1H3;3H,1H2,2H3;2H,1H2/b5-4-,18-7-;;;;. The molecule has 1 unspecified atom stereocenters. The molecule has 2 nitrogen and oxygen atoms in total. The summed E-state index contributed by atoms with van der Waals surface area (Å²) in [6, 6.07) is 90.8. The van der Waals surface area contributed by atoms with Crippen molar-refractivity contribution in [2.75, 3.05) is 5.32 Å². The highest BCUT2D eigenvalue weighted by atomic mass is 14.9. The van der Waals surface area contributed by atoms with Crippen LogP contribution in [0.1, 0.15) is 47.2 Å². The van der Waals surface area contributed by atoms with Crippen LogP contribution in [0.4, 0.5) is 11.4 Å². The molecule has 1 atom stereocenters. The Bertz CT molecular complexity index is 3550. The Morgan fingerprint density at radius 3 is 1.36 bits per heavy atom. The second-order valence-electron chi connectivity index (χ2n) is 18.8. The van der Waals surface area contributed by atoms with Crippen LogP contribution in [0.3, 0.4) is 0 Å². The maximum atomic E-state index is 5.50. The number of benzene rings is 10. The highest BCUT2D eigenvalue weighted by Crippen LogP contribution is 2.58. The Morgan fingerprint density at radius 1 is 0.390 bits per heavy atom. The number of hydrogen-bond acceptors (Lipinski definition) is 2. The van der Waals surface area contributed by atoms with Crippen LogP contribution in [0.2, 0.25) is 0 Å². The van der Waals surface area contributed by atoms with Crippen molar-refractivity contribution in [2.45, 2.75) is 40.0 Å². The minimum atomic E-state index is -0.641. The minimum absolute atomic E-state index is 0.641. The van der Waals surface area contributed by atoms with Crippen LogP contribution in [-0.4, -0.2) is 6.72 Å². The fraction of sp³-hybridized carbons (Fsp3) is 0.0800. The molecule has 1 aliphatic rings. The van der Waals surface area contributed by atoms with Crippen molar-refractivity contribution < 1.29 is 0 Å². The predicted molar refractivity (Wildman–Crippen MR) is 336 cm³/mol. The van der Waals surface area contributed by atoms with E-state index in [0.29, 0.717) is 0 Å². The summed E-state index contributed by atoms with van der Waals surface area (Å²) in [7, 11) is 0. The highest BCUT2D eigenvalue weighted by molar-refractivity contribution is 5.91. The van der Waals surface area contributed by atoms with E-state index in [1.54, 1.807) is 6.08 Å². The van der Waals surface area contributed by atoms with Gasteiger partial charge < -0.3 is 10.7 Å². The fourth-order valence-electron chi connectivity index (χ4n) is 9.76. The van der Waals surface area contributed by atoms with Gasteiger partial charge in [-0.3, -0.25) is 0 Å². The van der Waals surface area contributed by atoms with Gasteiger partial charge in [0.1, 0.15) is 0 Å². The molecule has 77 heavy (non-hydrogen) atoms. The lowest BCUT2D eigenvalue weighted by molar-refractivity contribution is 0.773. The van der Waals surface area contributed by atoms with Gasteiger partial charge in [-0.25, -0.2) is 0 Å². The van der Waals surface area contributed by atoms with Crippen LogP contribution in [0.5, 0.6) is 0 Å². The first-order valence-corrected chi connectivity index (χ1v) is 26.2. The number of fused-ring (bicyclic) bond motifs is 3. The molecule has 0 radical (unpaired) electrons. The Morgan fingerprint density at radius 2 is 0.805 bits per heavy atom. The number of anilines is 2. The summed E-state index contributed by atoms with van der Waals surface area (Å²) in [5.74, 6) is 0. The monoisotopic (exact) mass is 999 g/mol. The average molecular weight is 999 g/mol. The second-order valence-corrected chi connectivity index (χ2v) is 18.8. The Hall–Kier alpha value is -9.37. The number of nitrogens with one attached hydrogen (secondary N) is 2. The zero-order chi connectivity index (χ0) is 54.4. The summed E-state index contributed by atoms with van der Waals surface area (Å²) in [5.41, 5.74) is 22.2. The van der Waals surface area contributed by atoms with Crippen molar-refractivity contribution in [2.24, 2.45) is 0 Å². The largest absolute Gasteiger partial charge is 0.355 e. The molecule has 0 fully saturated rings. The third-order valence-electron chi connectivity index (χ3n) is 13.4. The van der Waals surface area contributed by atoms with Crippen LogP contribution in [-0.2, 0) is 5.41 Å². The molecular weight excluding hydrogens is 929 g/mol. The van der Waals surface area contributed by atoms with Crippen LogP contribution in [0.15, 0.2) is 304 Å². The average Bonchev–Trinajstić information content (AvgIpc) is 3.83. The third-order valence-corrected chi connectivity index (χ3v) is 13.4. The minimum Gasteiger partial charge on any atom is -0.355 e. The molecule has 1 aliphatic carbocycles. The van der Waals surface area contributed by atoms with Gasteiger partial charge in [-0.1, -0.05) is 272 Å². The normalized spacial score (nSPS) is 12.6. The van der Waals surface area contributed by atoms with Gasteiger partial charge in [0.05, 0.1) is 5.41 Å². The van der Waals surface area contributed by atoms with E-state index in [-0.39, 0.29) is 0 Å². The first kappa shape index (κ1) is 55.4. The van der Waals surface area contributed by atoms with E-state index in [0.717, 1.165) is 16.9 Å². The number of hydrogen-bond donors (Lipinski definition) is 2. The maximum absolute atomic E-state index is 5.50. The van der Waals surface area contributed by atoms with Gasteiger partial charge >= 0.3 is 0 Å². The van der Waals surface area contributed by atoms with E-state index in [9.17, 15) is 0 Å². The molecule has 2 heteroatoms. The summed E-state index contributed by atoms with van der Waals surface area (Å²) < 4.78 is 0. The molecule has 0 heterocycles. The molecule has 2 N–H and O–H groups in total. The molecule has 0 saturated carbocycles. The first-order valence-electron chi connectivity index (χ1n) is 26.2. The van der Waals surface area contributed by atoms with Gasteiger partial charge in [-0.05, 0) is 156 Å². The molecule has 0 aromatic heterocycles. The van der Waals surface area contributed by atoms with Crippen molar-refractivity contribution >= 4 is 18.1 Å². The van der Waals surface area contributed by atoms with E-state index < -0.39 is 5.41 Å².